The molecule has 61 heavy (non-hydrogen) atoms. The number of piperazine rings is 2. The number of anilines is 2. The Kier molecular flexibility index (Phi) is 15.1. The lowest BCUT2D eigenvalue weighted by atomic mass is 10.1. The van der Waals surface area contributed by atoms with Gasteiger partial charge in [0.05, 0.1) is 28.0 Å². The van der Waals surface area contributed by atoms with Crippen LogP contribution in [0.3, 0.4) is 0 Å². The average Bonchev–Trinajstić information content (AvgIpc) is 3.95. The van der Waals surface area contributed by atoms with Crippen LogP contribution >= 0.6 is 45.9 Å². The zero-order valence-electron chi connectivity index (χ0n) is 34.0. The van der Waals surface area contributed by atoms with Crippen LogP contribution in [-0.2, 0) is 39.3 Å². The van der Waals surface area contributed by atoms with E-state index in [9.17, 15) is 16.8 Å². The topological polar surface area (TPSA) is 116 Å². The van der Waals surface area contributed by atoms with Crippen molar-refractivity contribution in [3.05, 3.63) is 146 Å². The summed E-state index contributed by atoms with van der Waals surface area (Å²) < 4.78 is 60.2. The SMILES string of the molecule is CCOc1ccc(Cc2csc(N3CCN(S(=O)(=O)c4ccccc4Cl)CC3)n2)cc1.CCc1ccc(Cc2csc(N3CCN(S(=O)(=O)c4ccccc4Cl)CC3)n2)cc1. The second-order valence-corrected chi connectivity index (χ2v) is 20.8. The summed E-state index contributed by atoms with van der Waals surface area (Å²) in [6, 6.07) is 29.9. The lowest BCUT2D eigenvalue weighted by Gasteiger charge is -2.33. The largest absolute Gasteiger partial charge is 0.494 e. The Labute approximate surface area is 377 Å². The first kappa shape index (κ1) is 45.0. The molecule has 0 amide bonds. The molecule has 0 N–H and O–H groups in total. The van der Waals surface area contributed by atoms with Gasteiger partial charge in [-0.3, -0.25) is 0 Å². The molecule has 8 rings (SSSR count). The Hall–Kier alpha value is -4.06. The Morgan fingerprint density at radius 1 is 0.557 bits per heavy atom. The molecule has 0 aliphatic carbocycles. The van der Waals surface area contributed by atoms with E-state index in [1.54, 1.807) is 71.2 Å². The van der Waals surface area contributed by atoms with Gasteiger partial charge in [0.2, 0.25) is 20.0 Å². The summed E-state index contributed by atoms with van der Waals surface area (Å²) in [5.41, 5.74) is 5.82. The van der Waals surface area contributed by atoms with E-state index in [4.69, 9.17) is 37.9 Å². The van der Waals surface area contributed by atoms with Crippen LogP contribution in [0.25, 0.3) is 0 Å². The van der Waals surface area contributed by atoms with E-state index >= 15 is 0 Å². The van der Waals surface area contributed by atoms with Crippen LogP contribution in [0.2, 0.25) is 10.0 Å². The van der Waals surface area contributed by atoms with Gasteiger partial charge in [0.1, 0.15) is 15.5 Å². The fraction of sp³-hybridized carbons (Fsp3) is 0.318. The molecule has 322 valence electrons. The minimum atomic E-state index is -3.59. The van der Waals surface area contributed by atoms with Gasteiger partial charge in [0.25, 0.3) is 0 Å². The van der Waals surface area contributed by atoms with E-state index in [0.29, 0.717) is 59.0 Å². The fourth-order valence-corrected chi connectivity index (χ4v) is 12.6. The number of nitrogens with zero attached hydrogens (tertiary/aromatic N) is 6. The van der Waals surface area contributed by atoms with Gasteiger partial charge in [-0.05, 0) is 66.4 Å². The van der Waals surface area contributed by atoms with Crippen LogP contribution in [0.4, 0.5) is 10.3 Å². The van der Waals surface area contributed by atoms with Crippen molar-refractivity contribution in [2.75, 3.05) is 68.8 Å². The molecule has 0 radical (unpaired) electrons. The maximum absolute atomic E-state index is 12.9. The van der Waals surface area contributed by atoms with Crippen LogP contribution in [-0.4, -0.2) is 94.4 Å². The van der Waals surface area contributed by atoms with Crippen molar-refractivity contribution in [2.24, 2.45) is 0 Å². The number of hydrogen-bond acceptors (Lipinski definition) is 11. The summed E-state index contributed by atoms with van der Waals surface area (Å²) in [5, 5.41) is 6.55. The zero-order valence-corrected chi connectivity index (χ0v) is 38.8. The number of aryl methyl sites for hydroxylation is 1. The lowest BCUT2D eigenvalue weighted by Crippen LogP contribution is -2.48. The third-order valence-electron chi connectivity index (χ3n) is 10.4. The Morgan fingerprint density at radius 3 is 1.34 bits per heavy atom. The monoisotopic (exact) mass is 938 g/mol. The lowest BCUT2D eigenvalue weighted by molar-refractivity contribution is 0.340. The molecule has 17 heteroatoms. The van der Waals surface area contributed by atoms with Crippen LogP contribution in [0.15, 0.2) is 118 Å². The highest BCUT2D eigenvalue weighted by atomic mass is 35.5. The third-order valence-corrected chi connectivity index (χ3v) is 17.1. The van der Waals surface area contributed by atoms with Gasteiger partial charge in [0, 0.05) is 76.0 Å². The van der Waals surface area contributed by atoms with Crippen LogP contribution in [0.5, 0.6) is 5.75 Å². The van der Waals surface area contributed by atoms with Crippen molar-refractivity contribution in [1.82, 2.24) is 18.6 Å². The van der Waals surface area contributed by atoms with Crippen molar-refractivity contribution >= 4 is 76.2 Å². The summed E-state index contributed by atoms with van der Waals surface area (Å²) in [7, 11) is -7.18. The van der Waals surface area contributed by atoms with Gasteiger partial charge >= 0.3 is 0 Å². The van der Waals surface area contributed by atoms with E-state index in [1.807, 2.05) is 19.1 Å². The number of aromatic nitrogens is 2. The first-order chi connectivity index (χ1) is 29.4. The third kappa shape index (κ3) is 11.1. The molecule has 2 saturated heterocycles. The van der Waals surface area contributed by atoms with Gasteiger partial charge in [0.15, 0.2) is 10.3 Å². The standard InChI is InChI=1S/C22H24ClN3O3S2.C22H24ClN3O2S2/c1-2-29-19-9-7-17(8-10-19)15-18-16-30-22(24-18)25-11-13-26(14-12-25)31(27,28)21-6-4-3-5-20(21)23;1-2-17-7-9-18(10-8-17)15-19-16-29-22(24-19)25-11-13-26(14-12-25)30(27,28)21-6-4-3-5-20(21)23/h3-10,16H,2,11-15H2,1H3;3-10,16H,2,11-15H2,1H3. The molecule has 0 bridgehead atoms. The molecule has 2 aliphatic rings. The summed E-state index contributed by atoms with van der Waals surface area (Å²) >= 11 is 15.4. The molecule has 11 nitrogen and oxygen atoms in total. The number of sulfonamides is 2. The summed E-state index contributed by atoms with van der Waals surface area (Å²) in [5.74, 6) is 0.870. The fourth-order valence-electron chi connectivity index (χ4n) is 7.05. The number of thiazole rings is 2. The number of halogens is 2. The second-order valence-electron chi connectivity index (χ2n) is 14.5. The molecule has 0 spiro atoms. The highest BCUT2D eigenvalue weighted by Gasteiger charge is 2.32. The molecule has 2 aliphatic heterocycles. The molecular formula is C44H48Cl2N6O5S4. The van der Waals surface area contributed by atoms with E-state index < -0.39 is 20.0 Å². The molecule has 0 unspecified atom stereocenters. The molecule has 0 atom stereocenters. The predicted octanol–water partition coefficient (Wildman–Crippen LogP) is 8.76. The number of rotatable bonds is 13. The summed E-state index contributed by atoms with van der Waals surface area (Å²) in [6.07, 6.45) is 2.60. The highest BCUT2D eigenvalue weighted by molar-refractivity contribution is 7.89. The molecule has 6 aromatic rings. The quantitative estimate of drug-likeness (QED) is 0.112. The van der Waals surface area contributed by atoms with E-state index in [2.05, 4.69) is 63.9 Å². The smallest absolute Gasteiger partial charge is 0.244 e. The molecule has 0 saturated carbocycles. The van der Waals surface area contributed by atoms with Crippen molar-refractivity contribution < 1.29 is 21.6 Å². The van der Waals surface area contributed by atoms with Crippen LogP contribution in [0, 0.1) is 0 Å². The van der Waals surface area contributed by atoms with E-state index in [-0.39, 0.29) is 19.8 Å². The van der Waals surface area contributed by atoms with Crippen LogP contribution in [0.1, 0.15) is 41.9 Å². The maximum Gasteiger partial charge on any atom is 0.244 e. The van der Waals surface area contributed by atoms with E-state index in [0.717, 1.165) is 46.7 Å². The molecule has 2 aromatic heterocycles. The minimum Gasteiger partial charge on any atom is -0.494 e. The van der Waals surface area contributed by atoms with E-state index in [1.165, 1.54) is 25.3 Å². The molecule has 4 aromatic carbocycles. The number of benzene rings is 4. The van der Waals surface area contributed by atoms with Crippen molar-refractivity contribution in [1.29, 1.82) is 0 Å². The maximum atomic E-state index is 12.9. The Balaban J connectivity index is 0.000000184. The molecule has 2 fully saturated rings. The first-order valence-electron chi connectivity index (χ1n) is 20.1. The van der Waals surface area contributed by atoms with Crippen molar-refractivity contribution in [3.8, 4) is 5.75 Å². The highest BCUT2D eigenvalue weighted by Crippen LogP contribution is 2.30. The van der Waals surface area contributed by atoms with Crippen molar-refractivity contribution in [2.45, 2.75) is 42.9 Å². The predicted molar refractivity (Wildman–Crippen MR) is 248 cm³/mol. The normalized spacial score (nSPS) is 15.3. The minimum absolute atomic E-state index is 0.164. The van der Waals surface area contributed by atoms with Gasteiger partial charge in [-0.25, -0.2) is 26.8 Å². The summed E-state index contributed by atoms with van der Waals surface area (Å²) in [4.78, 5) is 14.2. The Bertz CT molecular complexity index is 2590. The van der Waals surface area contributed by atoms with Crippen molar-refractivity contribution in [3.63, 3.8) is 0 Å². The number of ether oxygens (including phenoxy) is 1. The average molecular weight is 940 g/mol. The Morgan fingerprint density at radius 2 is 0.951 bits per heavy atom. The van der Waals surface area contributed by atoms with Gasteiger partial charge in [-0.1, -0.05) is 90.8 Å². The van der Waals surface area contributed by atoms with Gasteiger partial charge in [-0.2, -0.15) is 8.61 Å². The van der Waals surface area contributed by atoms with Crippen LogP contribution < -0.4 is 14.5 Å². The molecule has 4 heterocycles. The number of hydrogen-bond donors (Lipinski definition) is 0. The second kappa shape index (κ2) is 20.4. The van der Waals surface area contributed by atoms with Gasteiger partial charge in [-0.15, -0.1) is 22.7 Å². The van der Waals surface area contributed by atoms with Gasteiger partial charge < -0.3 is 14.5 Å². The molecular weight excluding hydrogens is 892 g/mol. The summed E-state index contributed by atoms with van der Waals surface area (Å²) in [6.45, 7) is 8.84. The zero-order chi connectivity index (χ0) is 43.0. The first-order valence-corrected chi connectivity index (χ1v) is 25.5.